The second-order valence-corrected chi connectivity index (χ2v) is 10.7. The number of carboxylic acids is 1. The van der Waals surface area contributed by atoms with E-state index >= 15 is 0 Å². The maximum Gasteiger partial charge on any atom is 0.326 e. The number of aromatic amines is 2. The molecule has 2 aromatic heterocycles. The second kappa shape index (κ2) is 15.6. The fourth-order valence-electron chi connectivity index (χ4n) is 4.30. The Balaban J connectivity index is 1.80. The largest absolute Gasteiger partial charge is 0.480 e. The Labute approximate surface area is 246 Å². The van der Waals surface area contributed by atoms with Crippen LogP contribution in [0.15, 0.2) is 43.0 Å². The van der Waals surface area contributed by atoms with Gasteiger partial charge in [-0.1, -0.05) is 18.2 Å². The van der Waals surface area contributed by atoms with Crippen LogP contribution in [0.4, 0.5) is 0 Å². The number of aliphatic carboxylic acids is 1. The fraction of sp³-hybridized carbons (Fsp3) is 0.407. The summed E-state index contributed by atoms with van der Waals surface area (Å²) in [5, 5.41) is 18.4. The molecule has 4 unspecified atom stereocenters. The van der Waals surface area contributed by atoms with Crippen molar-refractivity contribution >= 4 is 52.3 Å². The maximum atomic E-state index is 13.6. The summed E-state index contributed by atoms with van der Waals surface area (Å²) in [6.45, 7) is 0. The van der Waals surface area contributed by atoms with E-state index in [1.54, 1.807) is 6.20 Å². The highest BCUT2D eigenvalue weighted by molar-refractivity contribution is 7.98. The van der Waals surface area contributed by atoms with E-state index in [2.05, 4.69) is 30.9 Å². The average Bonchev–Trinajstić information content (AvgIpc) is 3.63. The zero-order valence-electron chi connectivity index (χ0n) is 23.1. The zero-order valence-corrected chi connectivity index (χ0v) is 23.9. The highest BCUT2D eigenvalue weighted by atomic mass is 32.2. The number of rotatable bonds is 17. The maximum absolute atomic E-state index is 13.6. The van der Waals surface area contributed by atoms with E-state index in [9.17, 15) is 29.1 Å². The first-order chi connectivity index (χ1) is 20.1. The number of nitrogens with two attached hydrogens (primary N) is 2. The van der Waals surface area contributed by atoms with E-state index in [4.69, 9.17) is 11.5 Å². The zero-order chi connectivity index (χ0) is 30.6. The number of para-hydroxylation sites is 1. The Morgan fingerprint density at radius 3 is 2.31 bits per heavy atom. The van der Waals surface area contributed by atoms with Crippen LogP contribution in [0.3, 0.4) is 0 Å². The van der Waals surface area contributed by atoms with Crippen LogP contribution >= 0.6 is 11.8 Å². The molecule has 15 heteroatoms. The smallest absolute Gasteiger partial charge is 0.326 e. The summed E-state index contributed by atoms with van der Waals surface area (Å²) < 4.78 is 0. The summed E-state index contributed by atoms with van der Waals surface area (Å²) in [6.07, 6.45) is 6.56. The van der Waals surface area contributed by atoms with Gasteiger partial charge >= 0.3 is 5.97 Å². The van der Waals surface area contributed by atoms with Crippen molar-refractivity contribution in [2.75, 3.05) is 12.0 Å². The summed E-state index contributed by atoms with van der Waals surface area (Å²) in [7, 11) is 0. The van der Waals surface area contributed by atoms with Crippen LogP contribution in [-0.2, 0) is 36.8 Å². The van der Waals surface area contributed by atoms with Crippen molar-refractivity contribution in [1.82, 2.24) is 30.9 Å². The molecule has 0 fully saturated rings. The lowest BCUT2D eigenvalue weighted by atomic mass is 10.0. The van der Waals surface area contributed by atoms with Gasteiger partial charge in [0.1, 0.15) is 18.1 Å². The highest BCUT2D eigenvalue weighted by Crippen LogP contribution is 2.19. The van der Waals surface area contributed by atoms with E-state index in [0.717, 1.165) is 16.5 Å². The third-order valence-electron chi connectivity index (χ3n) is 6.61. The molecule has 4 atom stereocenters. The first-order valence-corrected chi connectivity index (χ1v) is 14.7. The van der Waals surface area contributed by atoms with Crippen LogP contribution in [-0.4, -0.2) is 85.8 Å². The molecule has 4 amide bonds. The van der Waals surface area contributed by atoms with Gasteiger partial charge in [0.25, 0.3) is 0 Å². The summed E-state index contributed by atoms with van der Waals surface area (Å²) >= 11 is 1.45. The third-order valence-corrected chi connectivity index (χ3v) is 7.25. The number of primary amides is 1. The predicted octanol–water partition coefficient (Wildman–Crippen LogP) is -0.439. The summed E-state index contributed by atoms with van der Waals surface area (Å²) in [6, 6.07) is 2.87. The molecule has 3 aromatic rings. The number of aromatic nitrogens is 3. The topological polar surface area (TPSA) is 238 Å². The van der Waals surface area contributed by atoms with Gasteiger partial charge in [-0.05, 0) is 36.5 Å². The van der Waals surface area contributed by atoms with Crippen molar-refractivity contribution in [2.24, 2.45) is 11.5 Å². The molecule has 0 saturated carbocycles. The molecule has 3 rings (SSSR count). The van der Waals surface area contributed by atoms with Gasteiger partial charge in [-0.15, -0.1) is 0 Å². The summed E-state index contributed by atoms with van der Waals surface area (Å²) in [5.41, 5.74) is 13.2. The number of imidazole rings is 1. The van der Waals surface area contributed by atoms with Gasteiger partial charge in [0.05, 0.1) is 12.4 Å². The molecule has 0 aliphatic rings. The monoisotopic (exact) mass is 600 g/mol. The highest BCUT2D eigenvalue weighted by Gasteiger charge is 2.31. The fourth-order valence-corrected chi connectivity index (χ4v) is 4.77. The van der Waals surface area contributed by atoms with Crippen LogP contribution in [0.2, 0.25) is 0 Å². The number of benzene rings is 1. The predicted molar refractivity (Wildman–Crippen MR) is 157 cm³/mol. The van der Waals surface area contributed by atoms with Crippen LogP contribution in [0, 0.1) is 0 Å². The number of carboxylic acid groups (broad SMARTS) is 1. The van der Waals surface area contributed by atoms with Gasteiger partial charge in [0, 0.05) is 48.3 Å². The minimum atomic E-state index is -1.27. The number of thioether (sulfide) groups is 1. The number of carbonyl (C=O) groups excluding carboxylic acids is 4. The van der Waals surface area contributed by atoms with E-state index in [1.165, 1.54) is 24.3 Å². The van der Waals surface area contributed by atoms with E-state index < -0.39 is 53.8 Å². The molecule has 0 radical (unpaired) electrons. The Hall–Kier alpha value is -4.37. The van der Waals surface area contributed by atoms with E-state index in [0.29, 0.717) is 11.4 Å². The molecule has 226 valence electrons. The molecule has 2 heterocycles. The third kappa shape index (κ3) is 9.34. The average molecular weight is 601 g/mol. The number of nitrogens with zero attached hydrogens (tertiary/aromatic N) is 1. The minimum Gasteiger partial charge on any atom is -0.480 e. The Bertz CT molecular complexity index is 1380. The van der Waals surface area contributed by atoms with Crippen LogP contribution in [0.25, 0.3) is 10.9 Å². The lowest BCUT2D eigenvalue weighted by Crippen LogP contribution is -2.58. The number of fused-ring (bicyclic) bond motifs is 1. The van der Waals surface area contributed by atoms with Crippen LogP contribution in [0.1, 0.15) is 30.5 Å². The molecular formula is C27H36N8O6S. The molecule has 14 nitrogen and oxygen atoms in total. The van der Waals surface area contributed by atoms with Crippen LogP contribution in [0.5, 0.6) is 0 Å². The Morgan fingerprint density at radius 1 is 0.952 bits per heavy atom. The van der Waals surface area contributed by atoms with Crippen LogP contribution < -0.4 is 27.4 Å². The number of H-pyrrole nitrogens is 2. The lowest BCUT2D eigenvalue weighted by molar-refractivity contribution is -0.142. The quantitative estimate of drug-likeness (QED) is 0.100. The SMILES string of the molecule is CSCCC(NC(=O)C(Cc1c[nH]c2ccccc12)NC(=O)C(N)CCC(N)=O)C(=O)NC(Cc1cnc[nH]1)C(=O)O. The molecule has 1 aromatic carbocycles. The molecular weight excluding hydrogens is 564 g/mol. The van der Waals surface area contributed by atoms with Crippen molar-refractivity contribution in [3.8, 4) is 0 Å². The standard InChI is InChI=1S/C27H36N8O6S/c1-42-9-8-20(25(38)35-22(27(40)41)11-16-13-30-14-32-16)33-26(39)21(34-24(37)18(28)6-7-23(29)36)10-15-12-31-19-5-3-2-4-17(15)19/h2-5,12-14,18,20-22,31H,6-11,28H2,1H3,(H2,29,36)(H,30,32)(H,33,39)(H,34,37)(H,35,38)(H,40,41). The van der Waals surface area contributed by atoms with Gasteiger partial charge in [-0.25, -0.2) is 9.78 Å². The van der Waals surface area contributed by atoms with Gasteiger partial charge in [-0.2, -0.15) is 11.8 Å². The van der Waals surface area contributed by atoms with Crippen molar-refractivity contribution in [2.45, 2.75) is 56.3 Å². The van der Waals surface area contributed by atoms with Crippen molar-refractivity contribution < 1.29 is 29.1 Å². The molecule has 0 saturated heterocycles. The summed E-state index contributed by atoms with van der Waals surface area (Å²) in [4.78, 5) is 72.6. The Morgan fingerprint density at radius 2 is 1.64 bits per heavy atom. The summed E-state index contributed by atoms with van der Waals surface area (Å²) in [5.74, 6) is -3.36. The van der Waals surface area contributed by atoms with Crippen molar-refractivity contribution in [3.05, 3.63) is 54.2 Å². The number of nitrogens with one attached hydrogen (secondary N) is 5. The van der Waals surface area contributed by atoms with Gasteiger partial charge in [0.15, 0.2) is 0 Å². The number of amides is 4. The van der Waals surface area contributed by atoms with Gasteiger partial charge < -0.3 is 42.5 Å². The van der Waals surface area contributed by atoms with E-state index in [-0.39, 0.29) is 32.1 Å². The normalized spacial score (nSPS) is 14.0. The lowest BCUT2D eigenvalue weighted by Gasteiger charge is -2.25. The van der Waals surface area contributed by atoms with Gasteiger partial charge in [-0.3, -0.25) is 19.2 Å². The molecule has 0 spiro atoms. The number of hydrogen-bond donors (Lipinski definition) is 8. The number of carbonyl (C=O) groups is 5. The first-order valence-electron chi connectivity index (χ1n) is 13.3. The number of hydrogen-bond acceptors (Lipinski definition) is 8. The van der Waals surface area contributed by atoms with Crippen molar-refractivity contribution in [1.29, 1.82) is 0 Å². The molecule has 0 aliphatic carbocycles. The minimum absolute atomic E-state index is 0.00570. The molecule has 10 N–H and O–H groups in total. The van der Waals surface area contributed by atoms with Gasteiger partial charge in [0.2, 0.25) is 23.6 Å². The first kappa shape index (κ1) is 32.1. The molecule has 0 aliphatic heterocycles. The van der Waals surface area contributed by atoms with Crippen molar-refractivity contribution in [3.63, 3.8) is 0 Å². The second-order valence-electron chi connectivity index (χ2n) is 9.76. The Kier molecular flexibility index (Phi) is 11.9. The molecule has 0 bridgehead atoms. The van der Waals surface area contributed by atoms with E-state index in [1.807, 2.05) is 30.5 Å². The molecule has 42 heavy (non-hydrogen) atoms.